The average Bonchev–Trinajstić information content (AvgIpc) is 1.97. The first-order valence-electron chi connectivity index (χ1n) is 3.82. The van der Waals surface area contributed by atoms with Gasteiger partial charge in [-0.25, -0.2) is 0 Å². The van der Waals surface area contributed by atoms with Crippen molar-refractivity contribution in [3.63, 3.8) is 0 Å². The molecule has 66 valence electrons. The third kappa shape index (κ3) is 2.29. The predicted molar refractivity (Wildman–Crippen MR) is 55.2 cm³/mol. The standard InChI is InChI=1S/C9H11Cl2N/c1-6(2)12-9-7(10)4-3-5-8(9)11/h3-6,12H,1-2H3. The highest BCUT2D eigenvalue weighted by Crippen LogP contribution is 2.30. The quantitative estimate of drug-likeness (QED) is 0.772. The first-order chi connectivity index (χ1) is 5.61. The van der Waals surface area contributed by atoms with Gasteiger partial charge in [-0.2, -0.15) is 0 Å². The van der Waals surface area contributed by atoms with E-state index in [-0.39, 0.29) is 0 Å². The van der Waals surface area contributed by atoms with E-state index >= 15 is 0 Å². The third-order valence-corrected chi connectivity index (χ3v) is 2.03. The first kappa shape index (κ1) is 9.69. The van der Waals surface area contributed by atoms with E-state index in [2.05, 4.69) is 5.32 Å². The van der Waals surface area contributed by atoms with Gasteiger partial charge in [0, 0.05) is 6.04 Å². The van der Waals surface area contributed by atoms with Crippen LogP contribution >= 0.6 is 23.2 Å². The number of para-hydroxylation sites is 1. The van der Waals surface area contributed by atoms with Gasteiger partial charge in [0.15, 0.2) is 0 Å². The molecule has 0 amide bonds. The van der Waals surface area contributed by atoms with Crippen LogP contribution in [-0.2, 0) is 0 Å². The molecular formula is C9H11Cl2N. The first-order valence-corrected chi connectivity index (χ1v) is 4.57. The van der Waals surface area contributed by atoms with Crippen molar-refractivity contribution < 1.29 is 0 Å². The van der Waals surface area contributed by atoms with Crippen LogP contribution in [-0.4, -0.2) is 6.04 Å². The minimum absolute atomic E-state index is 0.336. The van der Waals surface area contributed by atoms with Crippen LogP contribution in [0.25, 0.3) is 0 Å². The zero-order valence-corrected chi connectivity index (χ0v) is 8.58. The average molecular weight is 204 g/mol. The van der Waals surface area contributed by atoms with Gasteiger partial charge in [-0.05, 0) is 26.0 Å². The van der Waals surface area contributed by atoms with Crippen molar-refractivity contribution in [3.05, 3.63) is 28.2 Å². The molecule has 0 saturated carbocycles. The van der Waals surface area contributed by atoms with Crippen LogP contribution in [0.15, 0.2) is 18.2 Å². The summed E-state index contributed by atoms with van der Waals surface area (Å²) in [6, 6.07) is 5.80. The maximum absolute atomic E-state index is 5.93. The molecule has 0 unspecified atom stereocenters. The van der Waals surface area contributed by atoms with Gasteiger partial charge in [-0.3, -0.25) is 0 Å². The van der Waals surface area contributed by atoms with Gasteiger partial charge in [-0.1, -0.05) is 29.3 Å². The summed E-state index contributed by atoms with van der Waals surface area (Å²) >= 11 is 11.9. The molecule has 0 aliphatic carbocycles. The number of hydrogen-bond donors (Lipinski definition) is 1. The molecule has 0 bridgehead atoms. The number of halogens is 2. The largest absolute Gasteiger partial charge is 0.380 e. The number of hydrogen-bond acceptors (Lipinski definition) is 1. The summed E-state index contributed by atoms with van der Waals surface area (Å²) < 4.78 is 0. The molecule has 0 atom stereocenters. The Hall–Kier alpha value is -0.400. The molecule has 1 nitrogen and oxygen atoms in total. The van der Waals surface area contributed by atoms with E-state index < -0.39 is 0 Å². The molecule has 0 aliphatic rings. The maximum atomic E-state index is 5.93. The van der Waals surface area contributed by atoms with Gasteiger partial charge >= 0.3 is 0 Å². The molecule has 1 N–H and O–H groups in total. The van der Waals surface area contributed by atoms with Crippen LogP contribution in [0.4, 0.5) is 5.69 Å². The summed E-state index contributed by atoms with van der Waals surface area (Å²) in [4.78, 5) is 0. The van der Waals surface area contributed by atoms with Crippen LogP contribution < -0.4 is 5.32 Å². The summed E-state index contributed by atoms with van der Waals surface area (Å²) in [5.74, 6) is 0. The summed E-state index contributed by atoms with van der Waals surface area (Å²) in [7, 11) is 0. The Morgan fingerprint density at radius 3 is 2.08 bits per heavy atom. The van der Waals surface area contributed by atoms with E-state index in [0.717, 1.165) is 5.69 Å². The second kappa shape index (κ2) is 4.01. The fourth-order valence-corrected chi connectivity index (χ4v) is 1.43. The Balaban J connectivity index is 2.96. The lowest BCUT2D eigenvalue weighted by atomic mass is 10.3. The Morgan fingerprint density at radius 2 is 1.67 bits per heavy atom. The molecule has 1 aromatic carbocycles. The van der Waals surface area contributed by atoms with Gasteiger partial charge in [0.05, 0.1) is 15.7 Å². The highest BCUT2D eigenvalue weighted by Gasteiger charge is 2.04. The number of nitrogens with one attached hydrogen (secondary N) is 1. The molecular weight excluding hydrogens is 193 g/mol. The lowest BCUT2D eigenvalue weighted by Gasteiger charge is -2.12. The Labute approximate surface area is 82.7 Å². The topological polar surface area (TPSA) is 12.0 Å². The Kier molecular flexibility index (Phi) is 3.24. The fraction of sp³-hybridized carbons (Fsp3) is 0.333. The van der Waals surface area contributed by atoms with Crippen molar-refractivity contribution in [1.29, 1.82) is 0 Å². The monoisotopic (exact) mass is 203 g/mol. The zero-order chi connectivity index (χ0) is 9.14. The highest BCUT2D eigenvalue weighted by atomic mass is 35.5. The minimum Gasteiger partial charge on any atom is -0.380 e. The van der Waals surface area contributed by atoms with Crippen molar-refractivity contribution in [2.75, 3.05) is 5.32 Å². The molecule has 0 saturated heterocycles. The van der Waals surface area contributed by atoms with E-state index in [4.69, 9.17) is 23.2 Å². The zero-order valence-electron chi connectivity index (χ0n) is 7.07. The normalized spacial score (nSPS) is 10.4. The second-order valence-electron chi connectivity index (χ2n) is 2.90. The Bertz CT molecular complexity index is 251. The lowest BCUT2D eigenvalue weighted by molar-refractivity contribution is 0.900. The molecule has 0 heterocycles. The van der Waals surface area contributed by atoms with E-state index in [1.165, 1.54) is 0 Å². The molecule has 0 radical (unpaired) electrons. The van der Waals surface area contributed by atoms with Gasteiger partial charge in [0.1, 0.15) is 0 Å². The minimum atomic E-state index is 0.336. The SMILES string of the molecule is CC(C)Nc1c(Cl)cccc1Cl. The fourth-order valence-electron chi connectivity index (χ4n) is 0.924. The highest BCUT2D eigenvalue weighted by molar-refractivity contribution is 6.39. The molecule has 0 aromatic heterocycles. The number of rotatable bonds is 2. The van der Waals surface area contributed by atoms with Crippen molar-refractivity contribution in [2.24, 2.45) is 0 Å². The summed E-state index contributed by atoms with van der Waals surface area (Å²) in [5, 5.41) is 4.50. The van der Waals surface area contributed by atoms with E-state index in [1.54, 1.807) is 0 Å². The summed E-state index contributed by atoms with van der Waals surface area (Å²) in [5.41, 5.74) is 0.816. The van der Waals surface area contributed by atoms with Gasteiger partial charge in [-0.15, -0.1) is 0 Å². The van der Waals surface area contributed by atoms with Gasteiger partial charge in [0.2, 0.25) is 0 Å². The maximum Gasteiger partial charge on any atom is 0.0720 e. The van der Waals surface area contributed by atoms with Crippen LogP contribution in [0, 0.1) is 0 Å². The van der Waals surface area contributed by atoms with Crippen LogP contribution in [0.2, 0.25) is 10.0 Å². The van der Waals surface area contributed by atoms with Crippen LogP contribution in [0.3, 0.4) is 0 Å². The van der Waals surface area contributed by atoms with Gasteiger partial charge in [0.25, 0.3) is 0 Å². The summed E-state index contributed by atoms with van der Waals surface area (Å²) in [6.07, 6.45) is 0. The van der Waals surface area contributed by atoms with Crippen molar-refractivity contribution in [2.45, 2.75) is 19.9 Å². The molecule has 12 heavy (non-hydrogen) atoms. The molecule has 0 aliphatic heterocycles. The van der Waals surface area contributed by atoms with Crippen molar-refractivity contribution in [3.8, 4) is 0 Å². The van der Waals surface area contributed by atoms with E-state index in [9.17, 15) is 0 Å². The van der Waals surface area contributed by atoms with E-state index in [0.29, 0.717) is 16.1 Å². The van der Waals surface area contributed by atoms with E-state index in [1.807, 2.05) is 32.0 Å². The lowest BCUT2D eigenvalue weighted by Crippen LogP contribution is -2.10. The van der Waals surface area contributed by atoms with Gasteiger partial charge < -0.3 is 5.32 Å². The molecule has 0 fully saturated rings. The summed E-state index contributed by atoms with van der Waals surface area (Å²) in [6.45, 7) is 4.08. The van der Waals surface area contributed by atoms with Crippen molar-refractivity contribution in [1.82, 2.24) is 0 Å². The number of benzene rings is 1. The molecule has 0 spiro atoms. The van der Waals surface area contributed by atoms with Crippen LogP contribution in [0.5, 0.6) is 0 Å². The molecule has 1 rings (SSSR count). The molecule has 1 aromatic rings. The number of anilines is 1. The predicted octanol–water partition coefficient (Wildman–Crippen LogP) is 3.81. The van der Waals surface area contributed by atoms with Crippen LogP contribution in [0.1, 0.15) is 13.8 Å². The third-order valence-electron chi connectivity index (χ3n) is 1.40. The Morgan fingerprint density at radius 1 is 1.17 bits per heavy atom. The molecule has 3 heteroatoms. The second-order valence-corrected chi connectivity index (χ2v) is 3.71. The van der Waals surface area contributed by atoms with Crippen molar-refractivity contribution >= 4 is 28.9 Å². The smallest absolute Gasteiger partial charge is 0.0720 e.